The summed E-state index contributed by atoms with van der Waals surface area (Å²) in [6.45, 7) is 6.02. The minimum absolute atomic E-state index is 0.187. The molecule has 26 heavy (non-hydrogen) atoms. The van der Waals surface area contributed by atoms with Crippen LogP contribution in [0.15, 0.2) is 61.4 Å². The predicted octanol–water partition coefficient (Wildman–Crippen LogP) is 2.96. The molecule has 0 aliphatic rings. The molecule has 0 saturated heterocycles. The Morgan fingerprint density at radius 2 is 2.04 bits per heavy atom. The van der Waals surface area contributed by atoms with Crippen molar-refractivity contribution in [3.05, 3.63) is 72.6 Å². The van der Waals surface area contributed by atoms with Gasteiger partial charge in [0.1, 0.15) is 5.65 Å². The maximum atomic E-state index is 12.5. The van der Waals surface area contributed by atoms with Gasteiger partial charge in [-0.05, 0) is 11.6 Å². The second kappa shape index (κ2) is 7.65. The van der Waals surface area contributed by atoms with E-state index in [4.69, 9.17) is 0 Å². The van der Waals surface area contributed by atoms with Gasteiger partial charge in [-0.25, -0.2) is 4.98 Å². The third kappa shape index (κ3) is 3.80. The van der Waals surface area contributed by atoms with Crippen molar-refractivity contribution >= 4 is 28.5 Å². The van der Waals surface area contributed by atoms with Crippen LogP contribution in [0.4, 0.5) is 5.69 Å². The summed E-state index contributed by atoms with van der Waals surface area (Å²) in [5.41, 5.74) is 2.86. The fraction of sp³-hybridized carbons (Fsp3) is 0.150. The number of rotatable bonds is 6. The molecule has 3 rings (SSSR count). The lowest BCUT2D eigenvalue weighted by Gasteiger charge is -2.06. The van der Waals surface area contributed by atoms with Gasteiger partial charge in [0.05, 0.1) is 17.4 Å². The van der Waals surface area contributed by atoms with Crippen LogP contribution in [0.5, 0.6) is 0 Å². The highest BCUT2D eigenvalue weighted by atomic mass is 16.2. The van der Waals surface area contributed by atoms with Crippen LogP contribution < -0.4 is 10.6 Å². The average molecular weight is 348 g/mol. The summed E-state index contributed by atoms with van der Waals surface area (Å²) >= 11 is 0. The van der Waals surface area contributed by atoms with E-state index in [-0.39, 0.29) is 11.8 Å². The van der Waals surface area contributed by atoms with Gasteiger partial charge in [-0.1, -0.05) is 36.4 Å². The number of carbonyl (C=O) groups excluding carboxylic acids is 2. The second-order valence-corrected chi connectivity index (χ2v) is 5.93. The maximum Gasteiger partial charge on any atom is 0.253 e. The number of hydrogen-bond donors (Lipinski definition) is 2. The summed E-state index contributed by atoms with van der Waals surface area (Å²) in [4.78, 5) is 28.3. The summed E-state index contributed by atoms with van der Waals surface area (Å²) < 4.78 is 1.94. The molecule has 3 aromatic rings. The molecule has 0 bridgehead atoms. The number of anilines is 1. The number of amides is 2. The number of hydrogen-bond acceptors (Lipinski definition) is 3. The molecule has 0 fully saturated rings. The molecule has 2 heterocycles. The Labute approximate surface area is 151 Å². The van der Waals surface area contributed by atoms with Crippen molar-refractivity contribution in [1.82, 2.24) is 14.9 Å². The molecule has 132 valence electrons. The van der Waals surface area contributed by atoms with Gasteiger partial charge in [0.2, 0.25) is 5.91 Å². The highest BCUT2D eigenvalue weighted by Crippen LogP contribution is 2.24. The SMILES string of the molecule is C=CCNC(=O)c1cn(Cc2ccccc2)c2ncc(NC(C)=O)cc12. The molecule has 6 heteroatoms. The maximum absolute atomic E-state index is 12.5. The van der Waals surface area contributed by atoms with Gasteiger partial charge in [0.25, 0.3) is 5.91 Å². The van der Waals surface area contributed by atoms with Crippen molar-refractivity contribution < 1.29 is 9.59 Å². The molecule has 2 amide bonds. The van der Waals surface area contributed by atoms with Crippen LogP contribution in [0.3, 0.4) is 0 Å². The summed E-state index contributed by atoms with van der Waals surface area (Å²) in [5, 5.41) is 6.19. The topological polar surface area (TPSA) is 76.0 Å². The van der Waals surface area contributed by atoms with E-state index in [0.717, 1.165) is 5.56 Å². The monoisotopic (exact) mass is 348 g/mol. The van der Waals surface area contributed by atoms with E-state index in [2.05, 4.69) is 22.2 Å². The Morgan fingerprint density at radius 3 is 2.73 bits per heavy atom. The molecular formula is C20H20N4O2. The summed E-state index contributed by atoms with van der Waals surface area (Å²) in [5.74, 6) is -0.393. The number of benzene rings is 1. The van der Waals surface area contributed by atoms with Gasteiger partial charge in [-0.3, -0.25) is 9.59 Å². The molecule has 2 aromatic heterocycles. The quantitative estimate of drug-likeness (QED) is 0.673. The van der Waals surface area contributed by atoms with E-state index in [1.54, 1.807) is 24.5 Å². The normalized spacial score (nSPS) is 10.5. The molecule has 0 radical (unpaired) electrons. The first-order chi connectivity index (χ1) is 12.6. The van der Waals surface area contributed by atoms with Crippen LogP contribution in [0.25, 0.3) is 11.0 Å². The fourth-order valence-corrected chi connectivity index (χ4v) is 2.78. The first kappa shape index (κ1) is 17.4. The smallest absolute Gasteiger partial charge is 0.253 e. The molecule has 0 aliphatic heterocycles. The zero-order valence-electron chi connectivity index (χ0n) is 14.5. The molecule has 0 aliphatic carbocycles. The van der Waals surface area contributed by atoms with E-state index >= 15 is 0 Å². The first-order valence-corrected chi connectivity index (χ1v) is 8.28. The van der Waals surface area contributed by atoms with E-state index in [1.165, 1.54) is 6.92 Å². The van der Waals surface area contributed by atoms with E-state index < -0.39 is 0 Å². The van der Waals surface area contributed by atoms with E-state index in [1.807, 2.05) is 34.9 Å². The first-order valence-electron chi connectivity index (χ1n) is 8.28. The number of aromatic nitrogens is 2. The van der Waals surface area contributed by atoms with Crippen LogP contribution in [0, 0.1) is 0 Å². The standard InChI is InChI=1S/C20H20N4O2/c1-3-9-21-20(26)18-13-24(12-15-7-5-4-6-8-15)19-17(18)10-16(11-22-19)23-14(2)25/h3-8,10-11,13H,1,9,12H2,2H3,(H,21,26)(H,23,25). The molecule has 0 spiro atoms. The Balaban J connectivity index is 2.05. The molecule has 1 aromatic carbocycles. The molecule has 2 N–H and O–H groups in total. The van der Waals surface area contributed by atoms with Gasteiger partial charge < -0.3 is 15.2 Å². The summed E-state index contributed by atoms with van der Waals surface area (Å²) in [7, 11) is 0. The van der Waals surface area contributed by atoms with Crippen molar-refractivity contribution in [2.24, 2.45) is 0 Å². The van der Waals surface area contributed by atoms with Gasteiger partial charge in [-0.2, -0.15) is 0 Å². The van der Waals surface area contributed by atoms with E-state index in [9.17, 15) is 9.59 Å². The fourth-order valence-electron chi connectivity index (χ4n) is 2.78. The van der Waals surface area contributed by atoms with Crippen LogP contribution in [-0.2, 0) is 11.3 Å². The predicted molar refractivity (Wildman–Crippen MR) is 102 cm³/mol. The third-order valence-corrected chi connectivity index (χ3v) is 3.88. The van der Waals surface area contributed by atoms with Crippen molar-refractivity contribution in [2.45, 2.75) is 13.5 Å². The highest BCUT2D eigenvalue weighted by Gasteiger charge is 2.16. The van der Waals surface area contributed by atoms with Gasteiger partial charge >= 0.3 is 0 Å². The molecule has 0 unspecified atom stereocenters. The minimum atomic E-state index is -0.205. The van der Waals surface area contributed by atoms with E-state index in [0.29, 0.717) is 35.4 Å². The molecule has 6 nitrogen and oxygen atoms in total. The van der Waals surface area contributed by atoms with Crippen LogP contribution in [0.1, 0.15) is 22.8 Å². The van der Waals surface area contributed by atoms with Gasteiger partial charge in [-0.15, -0.1) is 6.58 Å². The van der Waals surface area contributed by atoms with Crippen molar-refractivity contribution in [3.8, 4) is 0 Å². The minimum Gasteiger partial charge on any atom is -0.349 e. The Bertz CT molecular complexity index is 961. The van der Waals surface area contributed by atoms with Gasteiger partial charge in [0, 0.05) is 31.6 Å². The number of nitrogens with zero attached hydrogens (tertiary/aromatic N) is 2. The zero-order chi connectivity index (χ0) is 18.5. The summed E-state index contributed by atoms with van der Waals surface area (Å²) in [6.07, 6.45) is 5.01. The Kier molecular flexibility index (Phi) is 5.12. The zero-order valence-corrected chi connectivity index (χ0v) is 14.5. The number of pyridine rings is 1. The Morgan fingerprint density at radius 1 is 1.27 bits per heavy atom. The molecular weight excluding hydrogens is 328 g/mol. The lowest BCUT2D eigenvalue weighted by atomic mass is 10.2. The van der Waals surface area contributed by atoms with Crippen LogP contribution >= 0.6 is 0 Å². The van der Waals surface area contributed by atoms with Gasteiger partial charge in [0.15, 0.2) is 0 Å². The molecule has 0 saturated carbocycles. The highest BCUT2D eigenvalue weighted by molar-refractivity contribution is 6.07. The van der Waals surface area contributed by atoms with Crippen LogP contribution in [-0.4, -0.2) is 27.9 Å². The summed E-state index contributed by atoms with van der Waals surface area (Å²) in [6, 6.07) is 11.7. The van der Waals surface area contributed by atoms with Crippen molar-refractivity contribution in [3.63, 3.8) is 0 Å². The van der Waals surface area contributed by atoms with Crippen molar-refractivity contribution in [1.29, 1.82) is 0 Å². The van der Waals surface area contributed by atoms with Crippen molar-refractivity contribution in [2.75, 3.05) is 11.9 Å². The third-order valence-electron chi connectivity index (χ3n) is 3.88. The Hall–Kier alpha value is -3.41. The number of nitrogens with one attached hydrogen (secondary N) is 2. The lowest BCUT2D eigenvalue weighted by molar-refractivity contribution is -0.114. The van der Waals surface area contributed by atoms with Crippen LogP contribution in [0.2, 0.25) is 0 Å². The lowest BCUT2D eigenvalue weighted by Crippen LogP contribution is -2.23. The average Bonchev–Trinajstić information content (AvgIpc) is 2.98. The largest absolute Gasteiger partial charge is 0.349 e. The number of fused-ring (bicyclic) bond motifs is 1. The number of carbonyl (C=O) groups is 2. The molecule has 0 atom stereocenters. The second-order valence-electron chi connectivity index (χ2n) is 5.93.